The third kappa shape index (κ3) is 7.84. The third-order valence-electron chi connectivity index (χ3n) is 3.67. The van der Waals surface area contributed by atoms with Crippen molar-refractivity contribution in [2.24, 2.45) is 4.99 Å². The average molecular weight is 501 g/mol. The lowest BCUT2D eigenvalue weighted by Crippen LogP contribution is -2.38. The number of thiazole rings is 1. The number of aryl methyl sites for hydroxylation is 1. The van der Waals surface area contributed by atoms with Gasteiger partial charge in [0, 0.05) is 50.2 Å². The molecule has 0 aliphatic heterocycles. The Kier molecular flexibility index (Phi) is 10.3. The van der Waals surface area contributed by atoms with Crippen LogP contribution in [0.4, 0.5) is 0 Å². The summed E-state index contributed by atoms with van der Waals surface area (Å²) >= 11 is 1.73. The fourth-order valence-electron chi connectivity index (χ4n) is 2.33. The van der Waals surface area contributed by atoms with E-state index in [-0.39, 0.29) is 29.9 Å². The minimum absolute atomic E-state index is 0. The first-order valence-corrected chi connectivity index (χ1v) is 9.55. The van der Waals surface area contributed by atoms with Crippen molar-refractivity contribution < 1.29 is 4.79 Å². The van der Waals surface area contributed by atoms with Crippen LogP contribution >= 0.6 is 35.3 Å². The number of halogens is 1. The van der Waals surface area contributed by atoms with Crippen molar-refractivity contribution in [1.82, 2.24) is 20.5 Å². The third-order valence-corrected chi connectivity index (χ3v) is 4.64. The molecule has 0 unspecified atom stereocenters. The van der Waals surface area contributed by atoms with Crippen molar-refractivity contribution in [2.75, 3.05) is 27.2 Å². The zero-order valence-electron chi connectivity index (χ0n) is 16.3. The topological polar surface area (TPSA) is 69.6 Å². The number of rotatable bonds is 7. The number of aromatic nitrogens is 1. The van der Waals surface area contributed by atoms with E-state index in [2.05, 4.69) is 27.5 Å². The van der Waals surface area contributed by atoms with Crippen molar-refractivity contribution in [3.63, 3.8) is 0 Å². The number of guanidine groups is 1. The number of hydrogen-bond donors (Lipinski definition) is 2. The molecule has 2 aromatic rings. The smallest absolute Gasteiger partial charge is 0.253 e. The van der Waals surface area contributed by atoms with Crippen LogP contribution in [-0.4, -0.2) is 48.9 Å². The van der Waals surface area contributed by atoms with Crippen molar-refractivity contribution in [3.05, 3.63) is 51.5 Å². The molecular weight excluding hydrogens is 473 g/mol. The number of hydrogen-bond acceptors (Lipinski definition) is 4. The van der Waals surface area contributed by atoms with E-state index < -0.39 is 0 Å². The number of aliphatic imine (C=N–C) groups is 1. The number of carbonyl (C=O) groups excluding carboxylic acids is 1. The Labute approximate surface area is 182 Å². The number of nitrogens with one attached hydrogen (secondary N) is 2. The first kappa shape index (κ1) is 23.4. The van der Waals surface area contributed by atoms with Crippen molar-refractivity contribution in [2.45, 2.75) is 26.8 Å². The summed E-state index contributed by atoms with van der Waals surface area (Å²) in [6, 6.07) is 7.58. The van der Waals surface area contributed by atoms with Crippen LogP contribution in [-0.2, 0) is 13.0 Å². The maximum Gasteiger partial charge on any atom is 0.253 e. The van der Waals surface area contributed by atoms with Gasteiger partial charge in [-0.05, 0) is 31.5 Å². The monoisotopic (exact) mass is 501 g/mol. The molecule has 0 aliphatic rings. The fraction of sp³-hybridized carbons (Fsp3) is 0.421. The Hall–Kier alpha value is -1.68. The predicted molar refractivity (Wildman–Crippen MR) is 123 cm³/mol. The van der Waals surface area contributed by atoms with Gasteiger partial charge in [0.25, 0.3) is 5.91 Å². The van der Waals surface area contributed by atoms with Crippen LogP contribution in [0.2, 0.25) is 0 Å². The molecule has 1 amide bonds. The van der Waals surface area contributed by atoms with Gasteiger partial charge in [-0.25, -0.2) is 9.98 Å². The fourth-order valence-corrected chi connectivity index (χ4v) is 3.11. The molecule has 0 atom stereocenters. The van der Waals surface area contributed by atoms with Gasteiger partial charge in [0.2, 0.25) is 0 Å². The Morgan fingerprint density at radius 1 is 1.22 bits per heavy atom. The number of nitrogens with zero attached hydrogens (tertiary/aromatic N) is 3. The highest BCUT2D eigenvalue weighted by molar-refractivity contribution is 14.0. The van der Waals surface area contributed by atoms with E-state index in [4.69, 9.17) is 0 Å². The zero-order chi connectivity index (χ0) is 18.9. The lowest BCUT2D eigenvalue weighted by molar-refractivity contribution is 0.0827. The highest BCUT2D eigenvalue weighted by Gasteiger charge is 2.07. The molecule has 0 aliphatic carbocycles. The van der Waals surface area contributed by atoms with Gasteiger partial charge in [0.05, 0.1) is 11.6 Å². The molecule has 0 saturated carbocycles. The van der Waals surface area contributed by atoms with Crippen LogP contribution in [0.5, 0.6) is 0 Å². The van der Waals surface area contributed by atoms with E-state index in [9.17, 15) is 4.79 Å². The van der Waals surface area contributed by atoms with Crippen LogP contribution in [0, 0.1) is 6.92 Å². The van der Waals surface area contributed by atoms with Gasteiger partial charge in [-0.15, -0.1) is 35.3 Å². The molecule has 2 N–H and O–H groups in total. The van der Waals surface area contributed by atoms with Gasteiger partial charge in [-0.2, -0.15) is 0 Å². The highest BCUT2D eigenvalue weighted by Crippen LogP contribution is 2.11. The molecule has 8 heteroatoms. The number of amides is 1. The van der Waals surface area contributed by atoms with E-state index in [1.807, 2.05) is 37.4 Å². The Balaban J connectivity index is 0.00000364. The quantitative estimate of drug-likeness (QED) is 0.348. The molecule has 1 aromatic carbocycles. The maximum atomic E-state index is 11.9. The van der Waals surface area contributed by atoms with Crippen molar-refractivity contribution in [1.29, 1.82) is 0 Å². The van der Waals surface area contributed by atoms with Gasteiger partial charge in [0.1, 0.15) is 0 Å². The first-order chi connectivity index (χ1) is 12.5. The molecule has 27 heavy (non-hydrogen) atoms. The second kappa shape index (κ2) is 11.9. The molecule has 1 aromatic heterocycles. The standard InChI is InChI=1S/C19H27N5OS.HI/c1-5-20-19(21-11-10-17-22-12-14(2)26-17)23-13-15-6-8-16(9-7-15)18(25)24(3)4;/h6-9,12H,5,10-11,13H2,1-4H3,(H2,20,21,23);1H. The van der Waals surface area contributed by atoms with Gasteiger partial charge in [-0.3, -0.25) is 4.79 Å². The lowest BCUT2D eigenvalue weighted by Gasteiger charge is -2.11. The normalized spacial score (nSPS) is 10.9. The van der Waals surface area contributed by atoms with E-state index in [0.717, 1.165) is 36.0 Å². The van der Waals surface area contributed by atoms with Gasteiger partial charge >= 0.3 is 0 Å². The summed E-state index contributed by atoms with van der Waals surface area (Å²) in [6.07, 6.45) is 2.79. The second-order valence-corrected chi connectivity index (χ2v) is 7.45. The molecule has 1 heterocycles. The minimum atomic E-state index is 0. The Bertz CT molecular complexity index is 743. The Morgan fingerprint density at radius 3 is 2.48 bits per heavy atom. The average Bonchev–Trinajstić information content (AvgIpc) is 3.04. The Morgan fingerprint density at radius 2 is 1.93 bits per heavy atom. The number of carbonyl (C=O) groups is 1. The van der Waals surface area contributed by atoms with Crippen LogP contribution in [0.15, 0.2) is 35.5 Å². The summed E-state index contributed by atoms with van der Waals surface area (Å²) in [5.41, 5.74) is 1.75. The van der Waals surface area contributed by atoms with Crippen LogP contribution < -0.4 is 10.6 Å². The molecule has 0 spiro atoms. The summed E-state index contributed by atoms with van der Waals surface area (Å²) in [4.78, 5) is 23.7. The first-order valence-electron chi connectivity index (χ1n) is 8.73. The largest absolute Gasteiger partial charge is 0.357 e. The predicted octanol–water partition coefficient (Wildman–Crippen LogP) is 3.07. The van der Waals surface area contributed by atoms with Crippen LogP contribution in [0.3, 0.4) is 0 Å². The molecule has 148 valence electrons. The summed E-state index contributed by atoms with van der Waals surface area (Å²) in [6.45, 7) is 6.26. The van der Waals surface area contributed by atoms with E-state index in [1.54, 1.807) is 30.3 Å². The summed E-state index contributed by atoms with van der Waals surface area (Å²) in [7, 11) is 3.50. The summed E-state index contributed by atoms with van der Waals surface area (Å²) in [5, 5.41) is 7.72. The van der Waals surface area contributed by atoms with Gasteiger partial charge in [0.15, 0.2) is 5.96 Å². The van der Waals surface area contributed by atoms with Gasteiger partial charge < -0.3 is 15.5 Å². The molecule has 6 nitrogen and oxygen atoms in total. The SMILES string of the molecule is CCNC(=NCc1ccc(C(=O)N(C)C)cc1)NCCc1ncc(C)s1.I. The van der Waals surface area contributed by atoms with E-state index in [0.29, 0.717) is 12.1 Å². The lowest BCUT2D eigenvalue weighted by atomic mass is 10.1. The molecule has 2 rings (SSSR count). The van der Waals surface area contributed by atoms with E-state index in [1.165, 1.54) is 4.88 Å². The van der Waals surface area contributed by atoms with Crippen LogP contribution in [0.1, 0.15) is 32.7 Å². The molecule has 0 bridgehead atoms. The van der Waals surface area contributed by atoms with Crippen molar-refractivity contribution >= 4 is 47.2 Å². The molecule has 0 fully saturated rings. The van der Waals surface area contributed by atoms with Crippen molar-refractivity contribution in [3.8, 4) is 0 Å². The maximum absolute atomic E-state index is 11.9. The molecule has 0 saturated heterocycles. The van der Waals surface area contributed by atoms with E-state index >= 15 is 0 Å². The van der Waals surface area contributed by atoms with Crippen LogP contribution in [0.25, 0.3) is 0 Å². The zero-order valence-corrected chi connectivity index (χ0v) is 19.4. The number of benzene rings is 1. The van der Waals surface area contributed by atoms with Gasteiger partial charge in [-0.1, -0.05) is 12.1 Å². The molecular formula is C19H28IN5OS. The minimum Gasteiger partial charge on any atom is -0.357 e. The molecule has 0 radical (unpaired) electrons. The highest BCUT2D eigenvalue weighted by atomic mass is 127. The summed E-state index contributed by atoms with van der Waals surface area (Å²) in [5.74, 6) is 0.793. The summed E-state index contributed by atoms with van der Waals surface area (Å²) < 4.78 is 0. The second-order valence-electron chi connectivity index (χ2n) is 6.13.